The third-order valence-electron chi connectivity index (χ3n) is 1.71. The molecule has 0 aliphatic heterocycles. The van der Waals surface area contributed by atoms with Gasteiger partial charge in [0.25, 0.3) is 0 Å². The average Bonchev–Trinajstić information content (AvgIpc) is 2.18. The standard InChI is InChI=1S/C11H12BrNO/c1-3-4-7-13-9-5-6-11(14-2)10(12)8-9/h5-6,8,13H,7H2,1-2H3. The number of hydrogen-bond acceptors (Lipinski definition) is 2. The smallest absolute Gasteiger partial charge is 0.133 e. The quantitative estimate of drug-likeness (QED) is 0.837. The number of hydrogen-bond donors (Lipinski definition) is 1. The Balaban J connectivity index is 2.69. The molecule has 0 aromatic heterocycles. The van der Waals surface area contributed by atoms with Gasteiger partial charge in [-0.1, -0.05) is 5.92 Å². The summed E-state index contributed by atoms with van der Waals surface area (Å²) in [4.78, 5) is 0. The predicted molar refractivity (Wildman–Crippen MR) is 62.6 cm³/mol. The summed E-state index contributed by atoms with van der Waals surface area (Å²) in [6, 6.07) is 5.84. The van der Waals surface area contributed by atoms with E-state index in [-0.39, 0.29) is 0 Å². The maximum Gasteiger partial charge on any atom is 0.133 e. The van der Waals surface area contributed by atoms with Gasteiger partial charge in [0.1, 0.15) is 5.75 Å². The van der Waals surface area contributed by atoms with Crippen LogP contribution in [0.3, 0.4) is 0 Å². The molecular weight excluding hydrogens is 242 g/mol. The molecule has 0 saturated heterocycles. The SMILES string of the molecule is CC#CCNc1ccc(OC)c(Br)c1. The van der Waals surface area contributed by atoms with Gasteiger partial charge in [-0.15, -0.1) is 5.92 Å². The van der Waals surface area contributed by atoms with Crippen LogP contribution in [0.25, 0.3) is 0 Å². The van der Waals surface area contributed by atoms with E-state index in [4.69, 9.17) is 4.74 Å². The van der Waals surface area contributed by atoms with Crippen molar-refractivity contribution in [1.82, 2.24) is 0 Å². The lowest BCUT2D eigenvalue weighted by molar-refractivity contribution is 0.412. The molecule has 0 spiro atoms. The van der Waals surface area contributed by atoms with Crippen molar-refractivity contribution in [3.05, 3.63) is 22.7 Å². The highest BCUT2D eigenvalue weighted by Gasteiger charge is 1.99. The van der Waals surface area contributed by atoms with Gasteiger partial charge in [-0.3, -0.25) is 0 Å². The summed E-state index contributed by atoms with van der Waals surface area (Å²) in [5.74, 6) is 6.59. The minimum Gasteiger partial charge on any atom is -0.496 e. The first-order valence-corrected chi connectivity index (χ1v) is 5.04. The summed E-state index contributed by atoms with van der Waals surface area (Å²) >= 11 is 3.42. The highest BCUT2D eigenvalue weighted by atomic mass is 79.9. The van der Waals surface area contributed by atoms with Crippen LogP contribution in [0.1, 0.15) is 6.92 Å². The normalized spacial score (nSPS) is 8.79. The van der Waals surface area contributed by atoms with E-state index in [9.17, 15) is 0 Å². The molecule has 0 aliphatic carbocycles. The second-order valence-corrected chi connectivity index (χ2v) is 3.48. The molecule has 0 heterocycles. The fourth-order valence-electron chi connectivity index (χ4n) is 1.01. The van der Waals surface area contributed by atoms with E-state index in [0.29, 0.717) is 6.54 Å². The lowest BCUT2D eigenvalue weighted by Crippen LogP contribution is -1.98. The highest BCUT2D eigenvalue weighted by molar-refractivity contribution is 9.10. The van der Waals surface area contributed by atoms with Crippen LogP contribution in [0.5, 0.6) is 5.75 Å². The number of benzene rings is 1. The van der Waals surface area contributed by atoms with E-state index in [0.717, 1.165) is 15.9 Å². The summed E-state index contributed by atoms with van der Waals surface area (Å²) in [5.41, 5.74) is 1.03. The summed E-state index contributed by atoms with van der Waals surface area (Å²) in [6.07, 6.45) is 0. The van der Waals surface area contributed by atoms with Gasteiger partial charge in [-0.2, -0.15) is 0 Å². The summed E-state index contributed by atoms with van der Waals surface area (Å²) in [6.45, 7) is 2.49. The molecule has 0 atom stereocenters. The Hall–Kier alpha value is -1.14. The third kappa shape index (κ3) is 2.97. The van der Waals surface area contributed by atoms with E-state index in [1.54, 1.807) is 7.11 Å². The Bertz CT molecular complexity index is 365. The molecule has 14 heavy (non-hydrogen) atoms. The molecule has 0 aliphatic rings. The van der Waals surface area contributed by atoms with Crippen molar-refractivity contribution in [1.29, 1.82) is 0 Å². The molecule has 3 heteroatoms. The summed E-state index contributed by atoms with van der Waals surface area (Å²) < 4.78 is 6.06. The number of methoxy groups -OCH3 is 1. The second kappa shape index (κ2) is 5.56. The molecule has 0 amide bonds. The fraction of sp³-hybridized carbons (Fsp3) is 0.273. The molecule has 0 saturated carbocycles. The van der Waals surface area contributed by atoms with Crippen molar-refractivity contribution in [2.24, 2.45) is 0 Å². The van der Waals surface area contributed by atoms with E-state index in [1.165, 1.54) is 0 Å². The van der Waals surface area contributed by atoms with Gasteiger partial charge in [0.2, 0.25) is 0 Å². The molecule has 1 N–H and O–H groups in total. The van der Waals surface area contributed by atoms with Crippen LogP contribution >= 0.6 is 15.9 Å². The Morgan fingerprint density at radius 2 is 2.29 bits per heavy atom. The molecule has 0 radical (unpaired) electrons. The van der Waals surface area contributed by atoms with Crippen LogP contribution in [-0.2, 0) is 0 Å². The largest absolute Gasteiger partial charge is 0.496 e. The monoisotopic (exact) mass is 253 g/mol. The summed E-state index contributed by atoms with van der Waals surface area (Å²) in [7, 11) is 1.65. The van der Waals surface area contributed by atoms with Crippen LogP contribution in [0.2, 0.25) is 0 Å². The lowest BCUT2D eigenvalue weighted by Gasteiger charge is -2.06. The van der Waals surface area contributed by atoms with Gasteiger partial charge >= 0.3 is 0 Å². The minimum absolute atomic E-state index is 0.662. The minimum atomic E-state index is 0.662. The van der Waals surface area contributed by atoms with Gasteiger partial charge < -0.3 is 10.1 Å². The van der Waals surface area contributed by atoms with Gasteiger partial charge in [-0.05, 0) is 41.1 Å². The zero-order chi connectivity index (χ0) is 10.4. The van der Waals surface area contributed by atoms with Crippen LogP contribution in [0.15, 0.2) is 22.7 Å². The van der Waals surface area contributed by atoms with Gasteiger partial charge in [-0.25, -0.2) is 0 Å². The molecule has 0 unspecified atom stereocenters. The number of ether oxygens (including phenoxy) is 1. The summed E-state index contributed by atoms with van der Waals surface area (Å²) in [5, 5.41) is 3.18. The number of rotatable bonds is 3. The second-order valence-electron chi connectivity index (χ2n) is 2.63. The van der Waals surface area contributed by atoms with Gasteiger partial charge in [0.15, 0.2) is 0 Å². The van der Waals surface area contributed by atoms with E-state index in [1.807, 2.05) is 25.1 Å². The fourth-order valence-corrected chi connectivity index (χ4v) is 1.55. The van der Waals surface area contributed by atoms with Crippen molar-refractivity contribution in [3.63, 3.8) is 0 Å². The molecule has 74 valence electrons. The zero-order valence-corrected chi connectivity index (χ0v) is 9.81. The van der Waals surface area contributed by atoms with Crippen molar-refractivity contribution in [2.45, 2.75) is 6.92 Å². The maximum absolute atomic E-state index is 5.12. The van der Waals surface area contributed by atoms with Crippen LogP contribution in [0.4, 0.5) is 5.69 Å². The molecule has 2 nitrogen and oxygen atoms in total. The number of nitrogens with one attached hydrogen (secondary N) is 1. The number of anilines is 1. The van der Waals surface area contributed by atoms with Crippen LogP contribution in [0, 0.1) is 11.8 Å². The Morgan fingerprint density at radius 1 is 1.50 bits per heavy atom. The molecule has 0 fully saturated rings. The molecule has 1 rings (SSSR count). The zero-order valence-electron chi connectivity index (χ0n) is 8.23. The van der Waals surface area contributed by atoms with Gasteiger partial charge in [0, 0.05) is 5.69 Å². The van der Waals surface area contributed by atoms with Crippen molar-refractivity contribution >= 4 is 21.6 Å². The highest BCUT2D eigenvalue weighted by Crippen LogP contribution is 2.27. The Labute approximate surface area is 92.8 Å². The van der Waals surface area contributed by atoms with Crippen molar-refractivity contribution in [3.8, 4) is 17.6 Å². The van der Waals surface area contributed by atoms with E-state index in [2.05, 4.69) is 33.1 Å². The first-order chi connectivity index (χ1) is 6.77. The first-order valence-electron chi connectivity index (χ1n) is 4.25. The number of halogens is 1. The first kappa shape index (κ1) is 10.9. The maximum atomic E-state index is 5.12. The predicted octanol–water partition coefficient (Wildman–Crippen LogP) is 2.89. The molecule has 1 aromatic carbocycles. The molecule has 0 bridgehead atoms. The average molecular weight is 254 g/mol. The topological polar surface area (TPSA) is 21.3 Å². The lowest BCUT2D eigenvalue weighted by atomic mass is 10.3. The van der Waals surface area contributed by atoms with Crippen molar-refractivity contribution < 1.29 is 4.74 Å². The third-order valence-corrected chi connectivity index (χ3v) is 2.33. The Kier molecular flexibility index (Phi) is 4.34. The van der Waals surface area contributed by atoms with Crippen molar-refractivity contribution in [2.75, 3.05) is 19.0 Å². The van der Waals surface area contributed by atoms with E-state index >= 15 is 0 Å². The van der Waals surface area contributed by atoms with Gasteiger partial charge in [0.05, 0.1) is 18.1 Å². The molecule has 1 aromatic rings. The van der Waals surface area contributed by atoms with Crippen LogP contribution in [-0.4, -0.2) is 13.7 Å². The van der Waals surface area contributed by atoms with E-state index < -0.39 is 0 Å². The van der Waals surface area contributed by atoms with Crippen LogP contribution < -0.4 is 10.1 Å². The Morgan fingerprint density at radius 3 is 2.86 bits per heavy atom. The molecular formula is C11H12BrNO.